The van der Waals surface area contributed by atoms with E-state index < -0.39 is 10.0 Å². The molecular formula is C18H21ClN2O4S. The van der Waals surface area contributed by atoms with Crippen molar-refractivity contribution < 1.29 is 17.9 Å². The molecule has 0 aliphatic carbocycles. The van der Waals surface area contributed by atoms with Gasteiger partial charge < -0.3 is 4.74 Å². The van der Waals surface area contributed by atoms with Crippen LogP contribution >= 0.6 is 11.6 Å². The molecule has 6 nitrogen and oxygen atoms in total. The topological polar surface area (TPSA) is 99.4 Å². The second-order valence-electron chi connectivity index (χ2n) is 5.90. The minimum absolute atomic E-state index is 0.0343. The largest absolute Gasteiger partial charge is 0.373 e. The van der Waals surface area contributed by atoms with Crippen LogP contribution in [0.25, 0.3) is 0 Å². The van der Waals surface area contributed by atoms with Crippen LogP contribution in [-0.4, -0.2) is 38.3 Å². The van der Waals surface area contributed by atoms with Gasteiger partial charge in [0.2, 0.25) is 15.8 Å². The van der Waals surface area contributed by atoms with Crippen LogP contribution in [0.1, 0.15) is 22.5 Å². The van der Waals surface area contributed by atoms with Crippen LogP contribution in [0.4, 0.5) is 0 Å². The van der Waals surface area contributed by atoms with E-state index >= 15 is 0 Å². The van der Waals surface area contributed by atoms with Gasteiger partial charge in [-0.1, -0.05) is 18.2 Å². The van der Waals surface area contributed by atoms with Gasteiger partial charge in [0.15, 0.2) is 0 Å². The first-order valence-electron chi connectivity index (χ1n) is 8.10. The van der Waals surface area contributed by atoms with Crippen molar-refractivity contribution >= 4 is 27.4 Å². The zero-order valence-electron chi connectivity index (χ0n) is 14.2. The number of nitrogens with zero attached hydrogens (tertiary/aromatic N) is 1. The summed E-state index contributed by atoms with van der Waals surface area (Å²) in [6, 6.07) is 11.6. The normalized spacial score (nSPS) is 12.7. The van der Waals surface area contributed by atoms with E-state index in [1.165, 1.54) is 12.1 Å². The lowest BCUT2D eigenvalue weighted by Gasteiger charge is -2.14. The van der Waals surface area contributed by atoms with E-state index in [1.807, 2.05) is 0 Å². The highest BCUT2D eigenvalue weighted by Crippen LogP contribution is 2.15. The van der Waals surface area contributed by atoms with Crippen molar-refractivity contribution in [3.05, 3.63) is 59.9 Å². The van der Waals surface area contributed by atoms with E-state index in [9.17, 15) is 13.2 Å². The molecule has 1 aromatic heterocycles. The summed E-state index contributed by atoms with van der Waals surface area (Å²) in [5.41, 5.74) is 1.36. The zero-order valence-corrected chi connectivity index (χ0v) is 15.7. The molecular weight excluding hydrogens is 376 g/mol. The molecule has 0 amide bonds. The van der Waals surface area contributed by atoms with Gasteiger partial charge in [0, 0.05) is 12.1 Å². The van der Waals surface area contributed by atoms with Gasteiger partial charge in [0.25, 0.3) is 0 Å². The van der Waals surface area contributed by atoms with Crippen molar-refractivity contribution in [2.75, 3.05) is 19.1 Å². The Labute approximate surface area is 158 Å². The van der Waals surface area contributed by atoms with E-state index in [2.05, 4.69) is 4.98 Å². The molecule has 0 fully saturated rings. The molecule has 2 aromatic rings. The van der Waals surface area contributed by atoms with E-state index in [-0.39, 0.29) is 23.2 Å². The van der Waals surface area contributed by atoms with E-state index in [0.29, 0.717) is 18.2 Å². The zero-order chi connectivity index (χ0) is 19.0. The number of sulfonamides is 1. The van der Waals surface area contributed by atoms with Gasteiger partial charge in [0.05, 0.1) is 11.5 Å². The molecule has 1 heterocycles. The molecule has 2 rings (SSSR count). The van der Waals surface area contributed by atoms with Crippen molar-refractivity contribution in [2.45, 2.75) is 17.7 Å². The van der Waals surface area contributed by atoms with Crippen molar-refractivity contribution in [3.8, 4) is 0 Å². The molecule has 0 saturated carbocycles. The Kier molecular flexibility index (Phi) is 7.71. The molecule has 1 unspecified atom stereocenters. The Bertz CT molecular complexity index is 811. The van der Waals surface area contributed by atoms with Crippen LogP contribution in [-0.2, 0) is 21.2 Å². The molecule has 140 valence electrons. The molecule has 1 atom stereocenters. The van der Waals surface area contributed by atoms with Gasteiger partial charge in [-0.05, 0) is 48.6 Å². The predicted octanol–water partition coefficient (Wildman–Crippen LogP) is 2.42. The Hall–Kier alpha value is -1.80. The molecule has 0 spiro atoms. The van der Waals surface area contributed by atoms with Crippen molar-refractivity contribution in [1.29, 1.82) is 0 Å². The lowest BCUT2D eigenvalue weighted by Crippen LogP contribution is -2.17. The minimum atomic E-state index is -3.68. The first kappa shape index (κ1) is 20.5. The van der Waals surface area contributed by atoms with Crippen molar-refractivity contribution in [1.82, 2.24) is 4.98 Å². The van der Waals surface area contributed by atoms with Gasteiger partial charge in [-0.25, -0.2) is 13.6 Å². The van der Waals surface area contributed by atoms with Crippen molar-refractivity contribution in [3.63, 3.8) is 0 Å². The first-order chi connectivity index (χ1) is 12.4. The SMILES string of the molecule is NS(=O)(=O)c1ccc(CCC(CCl)COCC(=O)c2ccccn2)cc1. The van der Waals surface area contributed by atoms with E-state index in [4.69, 9.17) is 21.5 Å². The number of pyridine rings is 1. The second kappa shape index (κ2) is 9.78. The number of hydrogen-bond donors (Lipinski definition) is 1. The van der Waals surface area contributed by atoms with Gasteiger partial charge in [-0.2, -0.15) is 0 Å². The average molecular weight is 397 g/mol. The summed E-state index contributed by atoms with van der Waals surface area (Å²) in [5.74, 6) is 0.330. The fraction of sp³-hybridized carbons (Fsp3) is 0.333. The summed E-state index contributed by atoms with van der Waals surface area (Å²) in [5, 5.41) is 5.08. The number of ether oxygens (including phenoxy) is 1. The molecule has 1 aromatic carbocycles. The Morgan fingerprint density at radius 2 is 1.92 bits per heavy atom. The van der Waals surface area contributed by atoms with Crippen LogP contribution < -0.4 is 5.14 Å². The lowest BCUT2D eigenvalue weighted by atomic mass is 10.0. The third-order valence-corrected chi connectivity index (χ3v) is 5.21. The summed E-state index contributed by atoms with van der Waals surface area (Å²) in [4.78, 5) is 16.0. The van der Waals surface area contributed by atoms with Gasteiger partial charge in [-0.15, -0.1) is 11.6 Å². The number of primary sulfonamides is 1. The van der Waals surface area contributed by atoms with Crippen LogP contribution in [0.5, 0.6) is 0 Å². The number of halogens is 1. The lowest BCUT2D eigenvalue weighted by molar-refractivity contribution is 0.0682. The average Bonchev–Trinajstić information content (AvgIpc) is 2.64. The van der Waals surface area contributed by atoms with Crippen LogP contribution in [0, 0.1) is 5.92 Å². The third-order valence-electron chi connectivity index (χ3n) is 3.85. The Morgan fingerprint density at radius 3 is 2.50 bits per heavy atom. The highest BCUT2D eigenvalue weighted by Gasteiger charge is 2.12. The maximum absolute atomic E-state index is 11.9. The number of aryl methyl sites for hydroxylation is 1. The van der Waals surface area contributed by atoms with Crippen LogP contribution in [0.3, 0.4) is 0 Å². The number of carbonyl (C=O) groups excluding carboxylic acids is 1. The van der Waals surface area contributed by atoms with Gasteiger partial charge in [0.1, 0.15) is 12.3 Å². The number of ketones is 1. The summed E-state index contributed by atoms with van der Waals surface area (Å²) in [6.45, 7) is 0.338. The number of aromatic nitrogens is 1. The molecule has 0 aliphatic heterocycles. The Balaban J connectivity index is 1.78. The molecule has 2 N–H and O–H groups in total. The standard InChI is InChI=1S/C18H21ClN2O4S/c19-11-15(12-25-13-18(22)17-3-1-2-10-21-17)5-4-14-6-8-16(9-7-14)26(20,23)24/h1-3,6-10,15H,4-5,11-13H2,(H2,20,23,24). The van der Waals surface area contributed by atoms with E-state index in [1.54, 1.807) is 36.5 Å². The highest BCUT2D eigenvalue weighted by atomic mass is 35.5. The predicted molar refractivity (Wildman–Crippen MR) is 99.7 cm³/mol. The van der Waals surface area contributed by atoms with Gasteiger partial charge >= 0.3 is 0 Å². The quantitative estimate of drug-likeness (QED) is 0.491. The molecule has 0 bridgehead atoms. The van der Waals surface area contributed by atoms with Crippen LogP contribution in [0.15, 0.2) is 53.6 Å². The molecule has 0 radical (unpaired) electrons. The number of nitrogens with two attached hydrogens (primary N) is 1. The molecule has 0 saturated heterocycles. The maximum atomic E-state index is 11.9. The smallest absolute Gasteiger partial charge is 0.238 e. The van der Waals surface area contributed by atoms with Crippen LogP contribution in [0.2, 0.25) is 0 Å². The number of hydrogen-bond acceptors (Lipinski definition) is 5. The number of carbonyl (C=O) groups is 1. The third kappa shape index (κ3) is 6.49. The number of benzene rings is 1. The molecule has 8 heteroatoms. The second-order valence-corrected chi connectivity index (χ2v) is 7.77. The fourth-order valence-electron chi connectivity index (χ4n) is 2.34. The summed E-state index contributed by atoms with van der Waals surface area (Å²) < 4.78 is 28.0. The Morgan fingerprint density at radius 1 is 1.19 bits per heavy atom. The highest BCUT2D eigenvalue weighted by molar-refractivity contribution is 7.89. The van der Waals surface area contributed by atoms with Gasteiger partial charge in [-0.3, -0.25) is 9.78 Å². The minimum Gasteiger partial charge on any atom is -0.373 e. The first-order valence-corrected chi connectivity index (χ1v) is 10.2. The number of rotatable bonds is 10. The summed E-state index contributed by atoms with van der Waals surface area (Å²) in [6.07, 6.45) is 3.05. The molecule has 26 heavy (non-hydrogen) atoms. The van der Waals surface area contributed by atoms with E-state index in [0.717, 1.165) is 18.4 Å². The monoisotopic (exact) mass is 396 g/mol. The number of Topliss-reactive ketones (excluding diaryl/α,β-unsaturated/α-hetero) is 1. The summed E-state index contributed by atoms with van der Waals surface area (Å²) >= 11 is 5.98. The van der Waals surface area contributed by atoms with Crippen molar-refractivity contribution in [2.24, 2.45) is 11.1 Å². The fourth-order valence-corrected chi connectivity index (χ4v) is 3.10. The summed E-state index contributed by atoms with van der Waals surface area (Å²) in [7, 11) is -3.68. The maximum Gasteiger partial charge on any atom is 0.238 e. The number of alkyl halides is 1. The molecule has 0 aliphatic rings.